The van der Waals surface area contributed by atoms with Crippen molar-refractivity contribution in [2.45, 2.75) is 11.3 Å². The maximum Gasteiger partial charge on any atom is 0.233 e. The molecule has 22 heavy (non-hydrogen) atoms. The number of thioether (sulfide) groups is 1. The summed E-state index contributed by atoms with van der Waals surface area (Å²) < 4.78 is 2.07. The fourth-order valence-electron chi connectivity index (χ4n) is 2.40. The number of aromatic nitrogens is 1. The minimum atomic E-state index is 0.0796. The standard InChI is InChI=1S/C15H17N3O2S2/c1-11(19)17-6-8-18(9-7-17)14(20)10-21-15-16-12-4-2-3-5-13(12)22-15/h2-5H,6-10H2,1H3. The highest BCUT2D eigenvalue weighted by atomic mass is 32.2. The van der Waals surface area contributed by atoms with E-state index in [1.165, 1.54) is 11.8 Å². The van der Waals surface area contributed by atoms with E-state index in [1.54, 1.807) is 23.2 Å². The Kier molecular flexibility index (Phi) is 4.63. The highest BCUT2D eigenvalue weighted by Crippen LogP contribution is 2.29. The molecule has 0 N–H and O–H groups in total. The maximum absolute atomic E-state index is 12.2. The lowest BCUT2D eigenvalue weighted by Crippen LogP contribution is -2.50. The Morgan fingerprint density at radius 3 is 2.55 bits per heavy atom. The second-order valence-corrected chi connectivity index (χ2v) is 7.38. The van der Waals surface area contributed by atoms with E-state index in [0.29, 0.717) is 31.9 Å². The lowest BCUT2D eigenvalue weighted by molar-refractivity contribution is -0.136. The minimum absolute atomic E-state index is 0.0796. The van der Waals surface area contributed by atoms with Gasteiger partial charge in [0.25, 0.3) is 0 Å². The number of rotatable bonds is 3. The molecule has 2 aromatic rings. The third kappa shape index (κ3) is 3.41. The van der Waals surface area contributed by atoms with Gasteiger partial charge in [-0.1, -0.05) is 23.9 Å². The molecule has 0 bridgehead atoms. The van der Waals surface area contributed by atoms with Crippen LogP contribution >= 0.6 is 23.1 Å². The number of benzene rings is 1. The topological polar surface area (TPSA) is 53.5 Å². The Morgan fingerprint density at radius 2 is 1.86 bits per heavy atom. The first-order chi connectivity index (χ1) is 10.6. The van der Waals surface area contributed by atoms with Crippen LogP contribution in [0.15, 0.2) is 28.6 Å². The SMILES string of the molecule is CC(=O)N1CCN(C(=O)CSc2nc3ccccc3s2)CC1. The van der Waals surface area contributed by atoms with Crippen LogP contribution in [-0.4, -0.2) is 58.5 Å². The first-order valence-electron chi connectivity index (χ1n) is 7.15. The van der Waals surface area contributed by atoms with Gasteiger partial charge in [-0.15, -0.1) is 11.3 Å². The van der Waals surface area contributed by atoms with Gasteiger partial charge in [-0.05, 0) is 12.1 Å². The van der Waals surface area contributed by atoms with Crippen molar-refractivity contribution >= 4 is 45.1 Å². The number of thiazole rings is 1. The molecule has 1 aromatic heterocycles. The van der Waals surface area contributed by atoms with Crippen LogP contribution in [0.3, 0.4) is 0 Å². The van der Waals surface area contributed by atoms with Gasteiger partial charge in [0.15, 0.2) is 4.34 Å². The molecule has 2 amide bonds. The van der Waals surface area contributed by atoms with Gasteiger partial charge in [-0.25, -0.2) is 4.98 Å². The van der Waals surface area contributed by atoms with Crippen molar-refractivity contribution in [3.8, 4) is 0 Å². The van der Waals surface area contributed by atoms with E-state index < -0.39 is 0 Å². The van der Waals surface area contributed by atoms with Crippen LogP contribution in [0.5, 0.6) is 0 Å². The zero-order valence-corrected chi connectivity index (χ0v) is 14.0. The number of carbonyl (C=O) groups is 2. The molecule has 0 unspecified atom stereocenters. The second-order valence-electron chi connectivity index (χ2n) is 5.12. The van der Waals surface area contributed by atoms with Gasteiger partial charge in [-0.2, -0.15) is 0 Å². The van der Waals surface area contributed by atoms with Crippen LogP contribution in [0.2, 0.25) is 0 Å². The number of hydrogen-bond donors (Lipinski definition) is 0. The van der Waals surface area contributed by atoms with E-state index >= 15 is 0 Å². The number of hydrogen-bond acceptors (Lipinski definition) is 5. The van der Waals surface area contributed by atoms with Crippen LogP contribution in [-0.2, 0) is 9.59 Å². The van der Waals surface area contributed by atoms with Crippen molar-refractivity contribution in [1.29, 1.82) is 0 Å². The number of nitrogens with zero attached hydrogens (tertiary/aromatic N) is 3. The van der Waals surface area contributed by atoms with Crippen molar-refractivity contribution in [3.63, 3.8) is 0 Å². The number of para-hydroxylation sites is 1. The summed E-state index contributed by atoms with van der Waals surface area (Å²) in [6.45, 7) is 4.08. The molecule has 1 saturated heterocycles. The number of carbonyl (C=O) groups excluding carboxylic acids is 2. The summed E-state index contributed by atoms with van der Waals surface area (Å²) in [6.07, 6.45) is 0. The molecule has 0 radical (unpaired) electrons. The van der Waals surface area contributed by atoms with Crippen LogP contribution in [0, 0.1) is 0 Å². The zero-order chi connectivity index (χ0) is 15.5. The summed E-state index contributed by atoms with van der Waals surface area (Å²) in [6, 6.07) is 7.99. The Labute approximate surface area is 137 Å². The molecule has 1 aliphatic rings. The molecule has 2 heterocycles. The van der Waals surface area contributed by atoms with Crippen LogP contribution in [0.4, 0.5) is 0 Å². The average Bonchev–Trinajstić information content (AvgIpc) is 2.95. The molecule has 1 aliphatic heterocycles. The minimum Gasteiger partial charge on any atom is -0.339 e. The predicted octanol–water partition coefficient (Wildman–Crippen LogP) is 2.08. The van der Waals surface area contributed by atoms with Crippen LogP contribution in [0.1, 0.15) is 6.92 Å². The fourth-order valence-corrected chi connectivity index (χ4v) is 4.37. The largest absolute Gasteiger partial charge is 0.339 e. The lowest BCUT2D eigenvalue weighted by atomic mass is 10.3. The molecule has 116 valence electrons. The molecule has 3 rings (SSSR count). The van der Waals surface area contributed by atoms with Crippen LogP contribution < -0.4 is 0 Å². The molecule has 0 atom stereocenters. The molecular weight excluding hydrogens is 318 g/mol. The van der Waals surface area contributed by atoms with Crippen molar-refractivity contribution in [1.82, 2.24) is 14.8 Å². The predicted molar refractivity (Wildman–Crippen MR) is 89.2 cm³/mol. The number of fused-ring (bicyclic) bond motifs is 1. The molecule has 7 heteroatoms. The first kappa shape index (κ1) is 15.3. The molecule has 1 aromatic carbocycles. The molecule has 5 nitrogen and oxygen atoms in total. The quantitative estimate of drug-likeness (QED) is 0.806. The summed E-state index contributed by atoms with van der Waals surface area (Å²) in [4.78, 5) is 31.7. The van der Waals surface area contributed by atoms with Crippen LogP contribution in [0.25, 0.3) is 10.2 Å². The fraction of sp³-hybridized carbons (Fsp3) is 0.400. The summed E-state index contributed by atoms with van der Waals surface area (Å²) in [7, 11) is 0. The van der Waals surface area contributed by atoms with Gasteiger partial charge in [0.2, 0.25) is 11.8 Å². The molecule has 1 fully saturated rings. The van der Waals surface area contributed by atoms with E-state index in [0.717, 1.165) is 14.6 Å². The third-order valence-corrected chi connectivity index (χ3v) is 5.84. The van der Waals surface area contributed by atoms with E-state index in [-0.39, 0.29) is 11.8 Å². The highest BCUT2D eigenvalue weighted by Gasteiger charge is 2.22. The maximum atomic E-state index is 12.2. The normalized spacial score (nSPS) is 15.3. The highest BCUT2D eigenvalue weighted by molar-refractivity contribution is 8.01. The Morgan fingerprint density at radius 1 is 1.18 bits per heavy atom. The summed E-state index contributed by atoms with van der Waals surface area (Å²) in [5.41, 5.74) is 0.984. The number of piperazine rings is 1. The molecular formula is C15H17N3O2S2. The van der Waals surface area contributed by atoms with Gasteiger partial charge >= 0.3 is 0 Å². The smallest absolute Gasteiger partial charge is 0.233 e. The van der Waals surface area contributed by atoms with Gasteiger partial charge in [-0.3, -0.25) is 9.59 Å². The monoisotopic (exact) mass is 335 g/mol. The van der Waals surface area contributed by atoms with Gasteiger partial charge in [0.1, 0.15) is 0 Å². The lowest BCUT2D eigenvalue weighted by Gasteiger charge is -2.34. The summed E-state index contributed by atoms with van der Waals surface area (Å²) in [5, 5.41) is 0. The van der Waals surface area contributed by atoms with Gasteiger partial charge in [0, 0.05) is 33.1 Å². The Hall–Kier alpha value is -1.60. The second kappa shape index (κ2) is 6.66. The van der Waals surface area contributed by atoms with E-state index in [2.05, 4.69) is 4.98 Å². The summed E-state index contributed by atoms with van der Waals surface area (Å²) in [5.74, 6) is 0.600. The first-order valence-corrected chi connectivity index (χ1v) is 8.95. The van der Waals surface area contributed by atoms with E-state index in [4.69, 9.17) is 0 Å². The zero-order valence-electron chi connectivity index (χ0n) is 12.3. The third-order valence-electron chi connectivity index (χ3n) is 3.67. The Bertz CT molecular complexity index is 660. The van der Waals surface area contributed by atoms with Crippen molar-refractivity contribution in [3.05, 3.63) is 24.3 Å². The molecule has 0 aliphatic carbocycles. The summed E-state index contributed by atoms with van der Waals surface area (Å²) >= 11 is 3.11. The number of amides is 2. The van der Waals surface area contributed by atoms with E-state index in [9.17, 15) is 9.59 Å². The van der Waals surface area contributed by atoms with Crippen molar-refractivity contribution in [2.24, 2.45) is 0 Å². The van der Waals surface area contributed by atoms with Gasteiger partial charge < -0.3 is 9.80 Å². The van der Waals surface area contributed by atoms with E-state index in [1.807, 2.05) is 29.2 Å². The Balaban J connectivity index is 1.53. The van der Waals surface area contributed by atoms with Crippen molar-refractivity contribution in [2.75, 3.05) is 31.9 Å². The average molecular weight is 335 g/mol. The molecule has 0 spiro atoms. The van der Waals surface area contributed by atoms with Crippen molar-refractivity contribution < 1.29 is 9.59 Å². The van der Waals surface area contributed by atoms with Gasteiger partial charge in [0.05, 0.1) is 16.0 Å². The molecule has 0 saturated carbocycles.